The number of amides is 1. The molecule has 28 heavy (non-hydrogen) atoms. The number of nitrogens with zero attached hydrogens (tertiary/aromatic N) is 2. The molecule has 1 aliphatic heterocycles. The smallest absolute Gasteiger partial charge is 0.338 e. The summed E-state index contributed by atoms with van der Waals surface area (Å²) in [5.41, 5.74) is 2.37. The Kier molecular flexibility index (Phi) is 6.90. The summed E-state index contributed by atoms with van der Waals surface area (Å²) in [4.78, 5) is 28.4. The topological polar surface area (TPSA) is 61.9 Å². The zero-order valence-corrected chi connectivity index (χ0v) is 16.6. The lowest BCUT2D eigenvalue weighted by Crippen LogP contribution is -2.48. The Labute approximate surface area is 170 Å². The number of piperazine rings is 1. The normalized spacial score (nSPS) is 14.6. The lowest BCUT2D eigenvalue weighted by molar-refractivity contribution is -0.117. The van der Waals surface area contributed by atoms with Crippen LogP contribution in [0.15, 0.2) is 48.5 Å². The van der Waals surface area contributed by atoms with Crippen LogP contribution in [0, 0.1) is 0 Å². The van der Waals surface area contributed by atoms with Crippen LogP contribution in [0.5, 0.6) is 0 Å². The standard InChI is InChI=1S/C21H24ClN3O3/c1-2-28-21(27)16-3-9-19(10-4-16)25-13-11-24(12-14-25)15-20(26)23-18-7-5-17(22)6-8-18/h3-10H,2,11-15H2,1H3,(H,23,26). The number of hydrogen-bond acceptors (Lipinski definition) is 5. The van der Waals surface area contributed by atoms with Crippen LogP contribution in [-0.2, 0) is 9.53 Å². The summed E-state index contributed by atoms with van der Waals surface area (Å²) in [6, 6.07) is 14.5. The van der Waals surface area contributed by atoms with Gasteiger partial charge in [0.2, 0.25) is 5.91 Å². The number of carbonyl (C=O) groups is 2. The number of rotatable bonds is 6. The van der Waals surface area contributed by atoms with Crippen molar-refractivity contribution < 1.29 is 14.3 Å². The molecule has 0 spiro atoms. The highest BCUT2D eigenvalue weighted by Crippen LogP contribution is 2.18. The fraction of sp³-hybridized carbons (Fsp3) is 0.333. The van der Waals surface area contributed by atoms with Crippen molar-refractivity contribution in [1.29, 1.82) is 0 Å². The third-order valence-electron chi connectivity index (χ3n) is 4.61. The molecule has 2 aromatic carbocycles. The maximum atomic E-state index is 12.2. The first-order valence-corrected chi connectivity index (χ1v) is 9.73. The maximum absolute atomic E-state index is 12.2. The van der Waals surface area contributed by atoms with Crippen molar-refractivity contribution in [2.75, 3.05) is 49.5 Å². The van der Waals surface area contributed by atoms with Gasteiger partial charge >= 0.3 is 5.97 Å². The van der Waals surface area contributed by atoms with E-state index in [-0.39, 0.29) is 11.9 Å². The molecule has 0 radical (unpaired) electrons. The highest BCUT2D eigenvalue weighted by atomic mass is 35.5. The third kappa shape index (κ3) is 5.47. The Morgan fingerprint density at radius 3 is 2.25 bits per heavy atom. The Morgan fingerprint density at radius 2 is 1.64 bits per heavy atom. The molecule has 0 aromatic heterocycles. The maximum Gasteiger partial charge on any atom is 0.338 e. The van der Waals surface area contributed by atoms with Crippen molar-refractivity contribution in [3.63, 3.8) is 0 Å². The fourth-order valence-corrected chi connectivity index (χ4v) is 3.25. The zero-order valence-electron chi connectivity index (χ0n) is 15.9. The minimum atomic E-state index is -0.300. The summed E-state index contributed by atoms with van der Waals surface area (Å²) >= 11 is 5.86. The number of nitrogens with one attached hydrogen (secondary N) is 1. The van der Waals surface area contributed by atoms with E-state index >= 15 is 0 Å². The largest absolute Gasteiger partial charge is 0.462 e. The summed E-state index contributed by atoms with van der Waals surface area (Å²) in [7, 11) is 0. The number of carbonyl (C=O) groups excluding carboxylic acids is 2. The van der Waals surface area contributed by atoms with E-state index < -0.39 is 0 Å². The molecule has 0 aliphatic carbocycles. The summed E-state index contributed by atoms with van der Waals surface area (Å²) < 4.78 is 5.01. The molecular formula is C21H24ClN3O3. The van der Waals surface area contributed by atoms with E-state index in [4.69, 9.17) is 16.3 Å². The Bertz CT molecular complexity index is 801. The molecule has 0 atom stereocenters. The van der Waals surface area contributed by atoms with Gasteiger partial charge in [-0.15, -0.1) is 0 Å². The molecule has 3 rings (SSSR count). The first-order chi connectivity index (χ1) is 13.5. The van der Waals surface area contributed by atoms with Gasteiger partial charge in [-0.05, 0) is 55.5 Å². The highest BCUT2D eigenvalue weighted by Gasteiger charge is 2.19. The third-order valence-corrected chi connectivity index (χ3v) is 4.86. The predicted molar refractivity (Wildman–Crippen MR) is 111 cm³/mol. The van der Waals surface area contributed by atoms with Crippen molar-refractivity contribution >= 4 is 34.9 Å². The van der Waals surface area contributed by atoms with E-state index in [0.717, 1.165) is 37.6 Å². The van der Waals surface area contributed by atoms with Gasteiger partial charge in [0.1, 0.15) is 0 Å². The van der Waals surface area contributed by atoms with Crippen LogP contribution in [-0.4, -0.2) is 56.1 Å². The van der Waals surface area contributed by atoms with Gasteiger partial charge in [0.05, 0.1) is 18.7 Å². The van der Waals surface area contributed by atoms with Gasteiger partial charge in [-0.25, -0.2) is 4.79 Å². The van der Waals surface area contributed by atoms with Crippen molar-refractivity contribution in [2.24, 2.45) is 0 Å². The van der Waals surface area contributed by atoms with Gasteiger partial charge in [0.15, 0.2) is 0 Å². The van der Waals surface area contributed by atoms with Gasteiger partial charge in [0.25, 0.3) is 0 Å². The molecule has 0 saturated carbocycles. The van der Waals surface area contributed by atoms with Gasteiger partial charge < -0.3 is 15.0 Å². The molecule has 1 heterocycles. The first-order valence-electron chi connectivity index (χ1n) is 9.35. The molecule has 1 fully saturated rings. The Morgan fingerprint density at radius 1 is 1.00 bits per heavy atom. The lowest BCUT2D eigenvalue weighted by Gasteiger charge is -2.35. The van der Waals surface area contributed by atoms with Crippen molar-refractivity contribution in [1.82, 2.24) is 4.90 Å². The van der Waals surface area contributed by atoms with E-state index in [0.29, 0.717) is 23.7 Å². The molecule has 0 unspecified atom stereocenters. The van der Waals surface area contributed by atoms with E-state index in [9.17, 15) is 9.59 Å². The van der Waals surface area contributed by atoms with E-state index in [1.807, 2.05) is 12.1 Å². The van der Waals surface area contributed by atoms with Gasteiger partial charge in [-0.1, -0.05) is 11.6 Å². The molecule has 1 N–H and O–H groups in total. The molecule has 1 aliphatic rings. The predicted octanol–water partition coefficient (Wildman–Crippen LogP) is 3.28. The molecule has 148 valence electrons. The van der Waals surface area contributed by atoms with Gasteiger partial charge in [-0.3, -0.25) is 9.69 Å². The van der Waals surface area contributed by atoms with Crippen molar-refractivity contribution in [2.45, 2.75) is 6.92 Å². The molecule has 6 nitrogen and oxygen atoms in total. The number of ether oxygens (including phenoxy) is 1. The van der Waals surface area contributed by atoms with Crippen molar-refractivity contribution in [3.05, 3.63) is 59.1 Å². The quantitative estimate of drug-likeness (QED) is 0.752. The average molecular weight is 402 g/mol. The van der Waals surface area contributed by atoms with Crippen molar-refractivity contribution in [3.8, 4) is 0 Å². The number of benzene rings is 2. The molecule has 1 amide bonds. The Balaban J connectivity index is 1.47. The number of anilines is 2. The van der Waals surface area contributed by atoms with E-state index in [1.165, 1.54) is 0 Å². The van der Waals surface area contributed by atoms with Crippen LogP contribution in [0.2, 0.25) is 5.02 Å². The zero-order chi connectivity index (χ0) is 19.9. The van der Waals surface area contributed by atoms with E-state index in [1.54, 1.807) is 43.3 Å². The van der Waals surface area contributed by atoms with Gasteiger partial charge in [-0.2, -0.15) is 0 Å². The van der Waals surface area contributed by atoms with Crippen LogP contribution in [0.3, 0.4) is 0 Å². The number of esters is 1. The first kappa shape index (κ1) is 20.2. The van der Waals surface area contributed by atoms with Crippen LogP contribution < -0.4 is 10.2 Å². The molecule has 7 heteroatoms. The summed E-state index contributed by atoms with van der Waals surface area (Å²) in [6.07, 6.45) is 0. The van der Waals surface area contributed by atoms with E-state index in [2.05, 4.69) is 15.1 Å². The average Bonchev–Trinajstić information content (AvgIpc) is 2.71. The summed E-state index contributed by atoms with van der Waals surface area (Å²) in [6.45, 7) is 5.77. The van der Waals surface area contributed by atoms with Crippen LogP contribution in [0.4, 0.5) is 11.4 Å². The SMILES string of the molecule is CCOC(=O)c1ccc(N2CCN(CC(=O)Nc3ccc(Cl)cc3)CC2)cc1. The fourth-order valence-electron chi connectivity index (χ4n) is 3.12. The number of halogens is 1. The molecule has 1 saturated heterocycles. The van der Waals surface area contributed by atoms with Crippen LogP contribution >= 0.6 is 11.6 Å². The lowest BCUT2D eigenvalue weighted by atomic mass is 10.2. The second-order valence-electron chi connectivity index (χ2n) is 6.59. The van der Waals surface area contributed by atoms with Gasteiger partial charge in [0, 0.05) is 42.6 Å². The molecule has 0 bridgehead atoms. The van der Waals surface area contributed by atoms with Crippen LogP contribution in [0.25, 0.3) is 0 Å². The monoisotopic (exact) mass is 401 g/mol. The second-order valence-corrected chi connectivity index (χ2v) is 7.02. The Hall–Kier alpha value is -2.57. The summed E-state index contributed by atoms with van der Waals surface area (Å²) in [5, 5.41) is 3.53. The highest BCUT2D eigenvalue weighted by molar-refractivity contribution is 6.30. The molecular weight excluding hydrogens is 378 g/mol. The second kappa shape index (κ2) is 9.57. The van der Waals surface area contributed by atoms with Crippen LogP contribution in [0.1, 0.15) is 17.3 Å². The number of hydrogen-bond donors (Lipinski definition) is 1. The summed E-state index contributed by atoms with van der Waals surface area (Å²) in [5.74, 6) is -0.333. The minimum absolute atomic E-state index is 0.0328. The molecule has 2 aromatic rings. The minimum Gasteiger partial charge on any atom is -0.462 e.